The van der Waals surface area contributed by atoms with Crippen LogP contribution < -0.4 is 0 Å². The van der Waals surface area contributed by atoms with Gasteiger partial charge in [0.05, 0.1) is 12.7 Å². The zero-order valence-electron chi connectivity index (χ0n) is 15.8. The van der Waals surface area contributed by atoms with Gasteiger partial charge in [0.2, 0.25) is 6.29 Å². The van der Waals surface area contributed by atoms with E-state index in [1.54, 1.807) is 0 Å². The molecule has 26 heavy (non-hydrogen) atoms. The van der Waals surface area contributed by atoms with Crippen molar-refractivity contribution < 1.29 is 29.6 Å². The molecule has 0 bridgehead atoms. The number of rotatable bonds is 3. The molecule has 1 saturated heterocycles. The van der Waals surface area contributed by atoms with Gasteiger partial charge < -0.3 is 24.8 Å². The van der Waals surface area contributed by atoms with Crippen molar-refractivity contribution >= 4 is 5.97 Å². The summed E-state index contributed by atoms with van der Waals surface area (Å²) in [4.78, 5) is 11.4. The van der Waals surface area contributed by atoms with E-state index < -0.39 is 30.1 Å². The van der Waals surface area contributed by atoms with Gasteiger partial charge in [-0.1, -0.05) is 20.8 Å². The van der Waals surface area contributed by atoms with Crippen LogP contribution >= 0.6 is 0 Å². The van der Waals surface area contributed by atoms with Crippen molar-refractivity contribution in [1.82, 2.24) is 0 Å². The van der Waals surface area contributed by atoms with Crippen LogP contribution in [0.5, 0.6) is 0 Å². The van der Waals surface area contributed by atoms with Crippen LogP contribution in [0.15, 0.2) is 11.6 Å². The molecule has 3 N–H and O–H groups in total. The minimum absolute atomic E-state index is 0.0841. The Morgan fingerprint density at radius 1 is 1.27 bits per heavy atom. The zero-order valence-corrected chi connectivity index (χ0v) is 15.8. The van der Waals surface area contributed by atoms with E-state index in [0.29, 0.717) is 30.9 Å². The predicted molar refractivity (Wildman–Crippen MR) is 92.8 cm³/mol. The van der Waals surface area contributed by atoms with Crippen LogP contribution in [0.3, 0.4) is 0 Å². The van der Waals surface area contributed by atoms with Crippen LogP contribution in [-0.2, 0) is 14.3 Å². The van der Waals surface area contributed by atoms with Crippen molar-refractivity contribution in [3.05, 3.63) is 11.6 Å². The first kappa shape index (κ1) is 18.4. The molecule has 0 radical (unpaired) electrons. The highest BCUT2D eigenvalue weighted by Crippen LogP contribution is 2.68. The van der Waals surface area contributed by atoms with E-state index in [0.717, 1.165) is 19.3 Å². The van der Waals surface area contributed by atoms with E-state index in [-0.39, 0.29) is 16.7 Å². The summed E-state index contributed by atoms with van der Waals surface area (Å²) in [6, 6.07) is 0. The Labute approximate surface area is 154 Å². The first-order chi connectivity index (χ1) is 12.1. The van der Waals surface area contributed by atoms with Crippen molar-refractivity contribution in [2.24, 2.45) is 22.7 Å². The van der Waals surface area contributed by atoms with Gasteiger partial charge in [-0.15, -0.1) is 0 Å². The molecule has 0 aromatic heterocycles. The van der Waals surface area contributed by atoms with Crippen LogP contribution in [0.2, 0.25) is 0 Å². The maximum absolute atomic E-state index is 11.4. The SMILES string of the molecule is C[C@H]1CC[C@@]2(C)[C@H](C[C@H](O)[C@H](O)[C@@]23CO3)[C@@]1(C)CCC1=CC(=O)O[C@@H]1O. The van der Waals surface area contributed by atoms with Gasteiger partial charge in [-0.25, -0.2) is 4.79 Å². The summed E-state index contributed by atoms with van der Waals surface area (Å²) in [6.45, 7) is 7.22. The monoisotopic (exact) mass is 366 g/mol. The highest BCUT2D eigenvalue weighted by molar-refractivity contribution is 5.85. The Kier molecular flexibility index (Phi) is 4.09. The maximum Gasteiger partial charge on any atom is 0.333 e. The van der Waals surface area contributed by atoms with Crippen LogP contribution in [-0.4, -0.2) is 52.0 Å². The zero-order chi connectivity index (χ0) is 18.9. The molecule has 4 aliphatic rings. The summed E-state index contributed by atoms with van der Waals surface area (Å²) in [5.74, 6) is 0.158. The van der Waals surface area contributed by atoms with Gasteiger partial charge in [-0.05, 0) is 49.4 Å². The summed E-state index contributed by atoms with van der Waals surface area (Å²) < 4.78 is 10.6. The summed E-state index contributed by atoms with van der Waals surface area (Å²) in [7, 11) is 0. The lowest BCUT2D eigenvalue weighted by Gasteiger charge is -2.61. The molecular formula is C20H30O6. The number of carbonyl (C=O) groups is 1. The Morgan fingerprint density at radius 2 is 1.96 bits per heavy atom. The number of aliphatic hydroxyl groups is 3. The number of carbonyl (C=O) groups excluding carboxylic acids is 1. The average Bonchev–Trinajstić information content (AvgIpc) is 3.33. The smallest absolute Gasteiger partial charge is 0.333 e. The molecule has 4 rings (SSSR count). The second-order valence-electron chi connectivity index (χ2n) is 9.35. The molecule has 2 aliphatic carbocycles. The number of esters is 1. The number of hydrogen-bond acceptors (Lipinski definition) is 6. The molecule has 0 amide bonds. The van der Waals surface area contributed by atoms with Gasteiger partial charge in [0.1, 0.15) is 11.7 Å². The molecule has 2 saturated carbocycles. The summed E-state index contributed by atoms with van der Waals surface area (Å²) in [5, 5.41) is 31.0. The second kappa shape index (κ2) is 5.77. The fraction of sp³-hybridized carbons (Fsp3) is 0.850. The summed E-state index contributed by atoms with van der Waals surface area (Å²) >= 11 is 0. The highest BCUT2D eigenvalue weighted by atomic mass is 16.6. The topological polar surface area (TPSA) is 99.5 Å². The van der Waals surface area contributed by atoms with Gasteiger partial charge in [0, 0.05) is 17.1 Å². The van der Waals surface area contributed by atoms with Crippen LogP contribution in [0.25, 0.3) is 0 Å². The summed E-state index contributed by atoms with van der Waals surface area (Å²) in [5.41, 5.74) is -0.257. The molecule has 8 atom stereocenters. The molecule has 1 spiro atoms. The lowest BCUT2D eigenvalue weighted by Crippen LogP contribution is -2.65. The molecule has 146 valence electrons. The normalized spacial score (nSPS) is 53.2. The standard InChI is InChI=1S/C20H30O6/c1-11-4-7-19(3)14(9-13(21)16(23)20(19)10-25-20)18(11,2)6-5-12-8-15(22)26-17(12)24/h8,11,13-14,16-17,21,23-24H,4-7,9-10H2,1-3H3/t11-,13-,14+,16-,17-,18-,19-,20-/m0/s1. The van der Waals surface area contributed by atoms with Gasteiger partial charge in [-0.2, -0.15) is 0 Å². The van der Waals surface area contributed by atoms with Crippen molar-refractivity contribution in [1.29, 1.82) is 0 Å². The predicted octanol–water partition coefficient (Wildman–Crippen LogP) is 1.52. The molecule has 6 nitrogen and oxygen atoms in total. The minimum atomic E-state index is -1.13. The third-order valence-electron chi connectivity index (χ3n) is 8.33. The maximum atomic E-state index is 11.4. The molecule has 6 heteroatoms. The number of epoxide rings is 1. The number of aliphatic hydroxyl groups excluding tert-OH is 3. The minimum Gasteiger partial charge on any atom is -0.429 e. The summed E-state index contributed by atoms with van der Waals surface area (Å²) in [6.07, 6.45) is 2.62. The van der Waals surface area contributed by atoms with Gasteiger partial charge in [0.15, 0.2) is 0 Å². The van der Waals surface area contributed by atoms with Gasteiger partial charge in [0.25, 0.3) is 0 Å². The van der Waals surface area contributed by atoms with E-state index in [9.17, 15) is 20.1 Å². The third-order valence-corrected chi connectivity index (χ3v) is 8.33. The van der Waals surface area contributed by atoms with Crippen molar-refractivity contribution in [2.75, 3.05) is 6.61 Å². The van der Waals surface area contributed by atoms with Crippen molar-refractivity contribution in [3.63, 3.8) is 0 Å². The van der Waals surface area contributed by atoms with Crippen LogP contribution in [0.1, 0.15) is 52.9 Å². The molecular weight excluding hydrogens is 336 g/mol. The van der Waals surface area contributed by atoms with Gasteiger partial charge in [-0.3, -0.25) is 0 Å². The number of fused-ring (bicyclic) bond motifs is 2. The largest absolute Gasteiger partial charge is 0.429 e. The molecule has 3 fully saturated rings. The van der Waals surface area contributed by atoms with Gasteiger partial charge >= 0.3 is 5.97 Å². The molecule has 0 aromatic rings. The quantitative estimate of drug-likeness (QED) is 0.517. The van der Waals surface area contributed by atoms with Crippen LogP contribution in [0.4, 0.5) is 0 Å². The highest BCUT2D eigenvalue weighted by Gasteiger charge is 2.73. The van der Waals surface area contributed by atoms with Crippen LogP contribution in [0, 0.1) is 22.7 Å². The Balaban J connectivity index is 1.62. The van der Waals surface area contributed by atoms with E-state index in [1.165, 1.54) is 6.08 Å². The lowest BCUT2D eigenvalue weighted by atomic mass is 9.43. The Morgan fingerprint density at radius 3 is 2.54 bits per heavy atom. The number of cyclic esters (lactones) is 1. The Bertz CT molecular complexity index is 640. The molecule has 2 aliphatic heterocycles. The van der Waals surface area contributed by atoms with E-state index in [1.807, 2.05) is 0 Å². The van der Waals surface area contributed by atoms with E-state index >= 15 is 0 Å². The lowest BCUT2D eigenvalue weighted by molar-refractivity contribution is -0.197. The second-order valence-corrected chi connectivity index (χ2v) is 9.35. The number of hydrogen-bond donors (Lipinski definition) is 3. The first-order valence-electron chi connectivity index (χ1n) is 9.73. The average molecular weight is 366 g/mol. The molecule has 0 unspecified atom stereocenters. The third kappa shape index (κ3) is 2.35. The fourth-order valence-electron chi connectivity index (χ4n) is 6.20. The van der Waals surface area contributed by atoms with E-state index in [2.05, 4.69) is 20.8 Å². The molecule has 2 heterocycles. The van der Waals surface area contributed by atoms with Crippen molar-refractivity contribution in [3.8, 4) is 0 Å². The molecule has 0 aromatic carbocycles. The number of ether oxygens (including phenoxy) is 2. The Hall–Kier alpha value is -0.950. The fourth-order valence-corrected chi connectivity index (χ4v) is 6.20. The van der Waals surface area contributed by atoms with E-state index in [4.69, 9.17) is 9.47 Å². The first-order valence-corrected chi connectivity index (χ1v) is 9.73. The van der Waals surface area contributed by atoms with Crippen molar-refractivity contribution in [2.45, 2.75) is 77.0 Å².